The molecule has 1 heterocycles. The summed E-state index contributed by atoms with van der Waals surface area (Å²) >= 11 is 0. The third kappa shape index (κ3) is 3.78. The van der Waals surface area contributed by atoms with Crippen molar-refractivity contribution in [3.63, 3.8) is 0 Å². The highest BCUT2D eigenvalue weighted by Crippen LogP contribution is 2.19. The first-order valence-electron chi connectivity index (χ1n) is 7.44. The first kappa shape index (κ1) is 15.4. The lowest BCUT2D eigenvalue weighted by Gasteiger charge is -2.09. The summed E-state index contributed by atoms with van der Waals surface area (Å²) < 4.78 is 7.20. The van der Waals surface area contributed by atoms with Gasteiger partial charge in [-0.25, -0.2) is 4.98 Å². The maximum atomic E-state index is 5.96. The molecular formula is C17H25N3O. The zero-order valence-corrected chi connectivity index (χ0v) is 13.4. The van der Waals surface area contributed by atoms with Crippen LogP contribution in [0.3, 0.4) is 0 Å². The largest absolute Gasteiger partial charge is 0.497 e. The van der Waals surface area contributed by atoms with Crippen molar-refractivity contribution in [2.45, 2.75) is 33.1 Å². The summed E-state index contributed by atoms with van der Waals surface area (Å²) in [5.41, 5.74) is 9.63. The van der Waals surface area contributed by atoms with E-state index >= 15 is 0 Å². The average molecular weight is 287 g/mol. The Morgan fingerprint density at radius 2 is 1.86 bits per heavy atom. The van der Waals surface area contributed by atoms with E-state index in [0.29, 0.717) is 11.9 Å². The summed E-state index contributed by atoms with van der Waals surface area (Å²) in [6.07, 6.45) is 2.89. The summed E-state index contributed by atoms with van der Waals surface area (Å²) in [5.74, 6) is 2.09. The Morgan fingerprint density at radius 3 is 2.43 bits per heavy atom. The van der Waals surface area contributed by atoms with Crippen molar-refractivity contribution in [3.05, 3.63) is 41.2 Å². The van der Waals surface area contributed by atoms with Crippen molar-refractivity contribution in [2.75, 3.05) is 12.8 Å². The second-order valence-electron chi connectivity index (χ2n) is 5.87. The second-order valence-corrected chi connectivity index (χ2v) is 5.87. The molecule has 0 radical (unpaired) electrons. The van der Waals surface area contributed by atoms with Gasteiger partial charge in [-0.3, -0.25) is 0 Å². The lowest BCUT2D eigenvalue weighted by atomic mass is 10.0. The van der Waals surface area contributed by atoms with Crippen molar-refractivity contribution in [1.82, 2.24) is 9.55 Å². The fourth-order valence-corrected chi connectivity index (χ4v) is 2.51. The zero-order valence-electron chi connectivity index (χ0n) is 13.4. The van der Waals surface area contributed by atoms with Gasteiger partial charge in [-0.2, -0.15) is 0 Å². The first-order chi connectivity index (χ1) is 10.0. The number of rotatable bonds is 6. The molecule has 1 aromatic carbocycles. The van der Waals surface area contributed by atoms with E-state index < -0.39 is 0 Å². The lowest BCUT2D eigenvalue weighted by molar-refractivity contribution is 0.414. The molecule has 4 heteroatoms. The Kier molecular flexibility index (Phi) is 4.89. The van der Waals surface area contributed by atoms with Crippen LogP contribution in [0.1, 0.15) is 30.8 Å². The summed E-state index contributed by atoms with van der Waals surface area (Å²) in [5, 5.41) is 0. The Bertz CT molecular complexity index is 585. The smallest absolute Gasteiger partial charge is 0.200 e. The quantitative estimate of drug-likeness (QED) is 0.888. The van der Waals surface area contributed by atoms with E-state index in [1.54, 1.807) is 7.11 Å². The lowest BCUT2D eigenvalue weighted by Crippen LogP contribution is -2.06. The fourth-order valence-electron chi connectivity index (χ4n) is 2.51. The van der Waals surface area contributed by atoms with Crippen LogP contribution in [0.15, 0.2) is 24.3 Å². The molecule has 0 aliphatic rings. The SMILES string of the molecule is COc1ccc(CCc2nc(N)n(C)c2CC(C)C)cc1. The number of ether oxygens (including phenoxy) is 1. The van der Waals surface area contributed by atoms with Gasteiger partial charge in [0, 0.05) is 12.7 Å². The number of benzene rings is 1. The Labute approximate surface area is 127 Å². The molecule has 0 saturated heterocycles. The number of aromatic nitrogens is 2. The van der Waals surface area contributed by atoms with Gasteiger partial charge < -0.3 is 15.0 Å². The Hall–Kier alpha value is -1.97. The summed E-state index contributed by atoms with van der Waals surface area (Å²) in [4.78, 5) is 4.53. The molecule has 0 fully saturated rings. The highest BCUT2D eigenvalue weighted by molar-refractivity contribution is 5.31. The van der Waals surface area contributed by atoms with E-state index in [2.05, 4.69) is 31.0 Å². The molecule has 0 bridgehead atoms. The topological polar surface area (TPSA) is 53.1 Å². The molecule has 0 saturated carbocycles. The normalized spacial score (nSPS) is 11.1. The van der Waals surface area contributed by atoms with Gasteiger partial charge in [0.05, 0.1) is 12.8 Å². The molecule has 114 valence electrons. The maximum absolute atomic E-state index is 5.96. The minimum absolute atomic E-state index is 0.597. The highest BCUT2D eigenvalue weighted by Gasteiger charge is 2.14. The van der Waals surface area contributed by atoms with Crippen LogP contribution in [0.25, 0.3) is 0 Å². The number of hydrogen-bond donors (Lipinski definition) is 1. The fraction of sp³-hybridized carbons (Fsp3) is 0.471. The van der Waals surface area contributed by atoms with E-state index in [0.717, 1.165) is 30.7 Å². The number of aryl methyl sites for hydroxylation is 2. The number of nitrogen functional groups attached to an aromatic ring is 1. The summed E-state index contributed by atoms with van der Waals surface area (Å²) in [7, 11) is 3.68. The van der Waals surface area contributed by atoms with Crippen LogP contribution >= 0.6 is 0 Å². The van der Waals surface area contributed by atoms with Crippen LogP contribution in [-0.2, 0) is 26.3 Å². The average Bonchev–Trinajstić information content (AvgIpc) is 2.73. The van der Waals surface area contributed by atoms with Crippen LogP contribution in [0.2, 0.25) is 0 Å². The molecule has 0 aliphatic heterocycles. The van der Waals surface area contributed by atoms with E-state index in [9.17, 15) is 0 Å². The van der Waals surface area contributed by atoms with Gasteiger partial charge in [-0.05, 0) is 42.9 Å². The minimum Gasteiger partial charge on any atom is -0.497 e. The van der Waals surface area contributed by atoms with Gasteiger partial charge >= 0.3 is 0 Å². The zero-order chi connectivity index (χ0) is 15.4. The first-order valence-corrected chi connectivity index (χ1v) is 7.44. The van der Waals surface area contributed by atoms with Crippen molar-refractivity contribution in [3.8, 4) is 5.75 Å². The van der Waals surface area contributed by atoms with Crippen molar-refractivity contribution < 1.29 is 4.74 Å². The van der Waals surface area contributed by atoms with Gasteiger partial charge in [-0.15, -0.1) is 0 Å². The molecule has 2 rings (SSSR count). The molecule has 0 aliphatic carbocycles. The predicted octanol–water partition coefficient (Wildman–Crippen LogP) is 2.99. The standard InChI is InChI=1S/C17H25N3O/c1-12(2)11-16-15(19-17(18)20(16)3)10-7-13-5-8-14(21-4)9-6-13/h5-6,8-9,12H,7,10-11H2,1-4H3,(H2,18,19). The molecule has 0 atom stereocenters. The van der Waals surface area contributed by atoms with Crippen molar-refractivity contribution >= 4 is 5.95 Å². The predicted molar refractivity (Wildman–Crippen MR) is 86.6 cm³/mol. The summed E-state index contributed by atoms with van der Waals surface area (Å²) in [6.45, 7) is 4.44. The molecule has 21 heavy (non-hydrogen) atoms. The second kappa shape index (κ2) is 6.66. The number of hydrogen-bond acceptors (Lipinski definition) is 3. The van der Waals surface area contributed by atoms with Crippen LogP contribution in [-0.4, -0.2) is 16.7 Å². The van der Waals surface area contributed by atoms with E-state index in [1.165, 1.54) is 11.3 Å². The highest BCUT2D eigenvalue weighted by atomic mass is 16.5. The van der Waals surface area contributed by atoms with Gasteiger partial charge in [0.25, 0.3) is 0 Å². The van der Waals surface area contributed by atoms with Crippen molar-refractivity contribution in [2.24, 2.45) is 13.0 Å². The molecule has 0 amide bonds. The molecule has 2 aromatic rings. The third-order valence-corrected chi connectivity index (χ3v) is 3.74. The Balaban J connectivity index is 2.10. The van der Waals surface area contributed by atoms with Gasteiger partial charge in [0.1, 0.15) is 5.75 Å². The molecule has 0 spiro atoms. The summed E-state index contributed by atoms with van der Waals surface area (Å²) in [6, 6.07) is 8.20. The Morgan fingerprint density at radius 1 is 1.19 bits per heavy atom. The van der Waals surface area contributed by atoms with E-state index in [1.807, 2.05) is 23.7 Å². The maximum Gasteiger partial charge on any atom is 0.200 e. The van der Waals surface area contributed by atoms with Gasteiger partial charge in [-0.1, -0.05) is 26.0 Å². The number of nitrogens with two attached hydrogens (primary N) is 1. The van der Waals surface area contributed by atoms with E-state index in [-0.39, 0.29) is 0 Å². The molecule has 2 N–H and O–H groups in total. The van der Waals surface area contributed by atoms with Crippen LogP contribution in [0.5, 0.6) is 5.75 Å². The number of imidazole rings is 1. The number of nitrogens with zero attached hydrogens (tertiary/aromatic N) is 2. The third-order valence-electron chi connectivity index (χ3n) is 3.74. The van der Waals surface area contributed by atoms with Gasteiger partial charge in [0.2, 0.25) is 0 Å². The minimum atomic E-state index is 0.597. The van der Waals surface area contributed by atoms with Crippen LogP contribution in [0, 0.1) is 5.92 Å². The number of anilines is 1. The monoisotopic (exact) mass is 287 g/mol. The molecular weight excluding hydrogens is 262 g/mol. The van der Waals surface area contributed by atoms with Crippen LogP contribution < -0.4 is 10.5 Å². The molecule has 4 nitrogen and oxygen atoms in total. The molecule has 0 unspecified atom stereocenters. The van der Waals surface area contributed by atoms with Crippen molar-refractivity contribution in [1.29, 1.82) is 0 Å². The van der Waals surface area contributed by atoms with Crippen LogP contribution in [0.4, 0.5) is 5.95 Å². The molecule has 1 aromatic heterocycles. The number of methoxy groups -OCH3 is 1. The van der Waals surface area contributed by atoms with E-state index in [4.69, 9.17) is 10.5 Å². The van der Waals surface area contributed by atoms with Gasteiger partial charge in [0.15, 0.2) is 5.95 Å².